The van der Waals surface area contributed by atoms with E-state index in [1.165, 1.54) is 0 Å². The lowest BCUT2D eigenvalue weighted by Gasteiger charge is -2.11. The molecule has 0 aliphatic carbocycles. The average Bonchev–Trinajstić information content (AvgIpc) is 2.14. The maximum atomic E-state index is 6.09. The Morgan fingerprint density at radius 3 is 2.73 bits per heavy atom. The van der Waals surface area contributed by atoms with Gasteiger partial charge in [0, 0.05) is 10.1 Å². The summed E-state index contributed by atoms with van der Waals surface area (Å²) in [5.74, 6) is 0. The van der Waals surface area contributed by atoms with Gasteiger partial charge in [0.15, 0.2) is 0 Å². The topological polar surface area (TPSA) is 15.3 Å². The van der Waals surface area contributed by atoms with Gasteiger partial charge in [0.05, 0.1) is 10.7 Å². The number of rotatable bonds is 5. The van der Waals surface area contributed by atoms with E-state index in [0.717, 1.165) is 33.8 Å². The number of hydrogen-bond acceptors (Lipinski definition) is 2. The number of anilines is 1. The van der Waals surface area contributed by atoms with Crippen molar-refractivity contribution in [3.8, 4) is 0 Å². The Bertz CT molecular complexity index is 315. The summed E-state index contributed by atoms with van der Waals surface area (Å²) in [6.07, 6.45) is 1.12. The molecule has 84 valence electrons. The third-order valence-corrected chi connectivity index (χ3v) is 3.01. The van der Waals surface area contributed by atoms with Crippen LogP contribution in [0.1, 0.15) is 6.42 Å². The average molecular weight is 339 g/mol. The van der Waals surface area contributed by atoms with Gasteiger partial charge in [-0.2, -0.15) is 0 Å². The molecule has 4 heteroatoms. The molecule has 0 heterocycles. The zero-order valence-electron chi connectivity index (χ0n) is 9.06. The minimum absolute atomic E-state index is 0.798. The molecule has 1 aromatic carbocycles. The van der Waals surface area contributed by atoms with Crippen molar-refractivity contribution in [2.45, 2.75) is 6.42 Å². The predicted octanol–water partition coefficient (Wildman–Crippen LogP) is 3.31. The monoisotopic (exact) mass is 338 g/mol. The minimum atomic E-state index is 0.798. The van der Waals surface area contributed by atoms with Gasteiger partial charge < -0.3 is 10.2 Å². The molecule has 0 radical (unpaired) electrons. The molecule has 0 saturated heterocycles. The normalized spacial score (nSPS) is 10.7. The van der Waals surface area contributed by atoms with Crippen LogP contribution in [0.15, 0.2) is 18.2 Å². The molecule has 0 aromatic heterocycles. The molecule has 0 aliphatic heterocycles. The van der Waals surface area contributed by atoms with E-state index in [1.54, 1.807) is 0 Å². The van der Waals surface area contributed by atoms with Crippen LogP contribution < -0.4 is 5.32 Å². The lowest BCUT2D eigenvalue weighted by Crippen LogP contribution is -2.16. The third-order valence-electron chi connectivity index (χ3n) is 2.03. The highest BCUT2D eigenvalue weighted by Gasteiger charge is 1.99. The number of nitrogens with zero attached hydrogens (tertiary/aromatic N) is 1. The van der Waals surface area contributed by atoms with Crippen molar-refractivity contribution in [2.24, 2.45) is 0 Å². The number of halogens is 2. The van der Waals surface area contributed by atoms with Crippen LogP contribution in [0.2, 0.25) is 5.02 Å². The maximum Gasteiger partial charge on any atom is 0.0648 e. The van der Waals surface area contributed by atoms with E-state index < -0.39 is 0 Å². The first-order valence-electron chi connectivity index (χ1n) is 4.93. The Morgan fingerprint density at radius 1 is 1.40 bits per heavy atom. The van der Waals surface area contributed by atoms with E-state index in [9.17, 15) is 0 Å². The van der Waals surface area contributed by atoms with Gasteiger partial charge in [0.2, 0.25) is 0 Å². The van der Waals surface area contributed by atoms with Gasteiger partial charge in [-0.25, -0.2) is 0 Å². The molecular weight excluding hydrogens is 322 g/mol. The Labute approximate surface area is 110 Å². The molecule has 0 unspecified atom stereocenters. The number of benzene rings is 1. The molecule has 15 heavy (non-hydrogen) atoms. The molecule has 1 N–H and O–H groups in total. The summed E-state index contributed by atoms with van der Waals surface area (Å²) in [5.41, 5.74) is 1.02. The zero-order chi connectivity index (χ0) is 11.3. The van der Waals surface area contributed by atoms with Crippen LogP contribution in [-0.2, 0) is 0 Å². The standard InChI is InChI=1S/C11H16ClIN2/c1-15(2)7-3-6-14-11-5-4-9(13)8-10(11)12/h4-5,8,14H,3,6-7H2,1-2H3. The van der Waals surface area contributed by atoms with Crippen LogP contribution in [0.4, 0.5) is 5.69 Å². The van der Waals surface area contributed by atoms with Crippen molar-refractivity contribution in [3.05, 3.63) is 26.8 Å². The highest BCUT2D eigenvalue weighted by molar-refractivity contribution is 14.1. The Morgan fingerprint density at radius 2 is 2.13 bits per heavy atom. The molecule has 0 saturated carbocycles. The highest BCUT2D eigenvalue weighted by Crippen LogP contribution is 2.23. The first-order chi connectivity index (χ1) is 7.09. The van der Waals surface area contributed by atoms with Crippen LogP contribution in [-0.4, -0.2) is 32.1 Å². The minimum Gasteiger partial charge on any atom is -0.384 e. The molecule has 1 rings (SSSR count). The van der Waals surface area contributed by atoms with Crippen molar-refractivity contribution in [3.63, 3.8) is 0 Å². The summed E-state index contributed by atoms with van der Waals surface area (Å²) in [6.45, 7) is 2.05. The molecule has 0 bridgehead atoms. The molecule has 2 nitrogen and oxygen atoms in total. The third kappa shape index (κ3) is 5.04. The molecule has 0 aliphatic rings. The molecule has 0 atom stereocenters. The van der Waals surface area contributed by atoms with E-state index in [0.29, 0.717) is 0 Å². The van der Waals surface area contributed by atoms with Gasteiger partial charge in [-0.3, -0.25) is 0 Å². The van der Waals surface area contributed by atoms with E-state index in [4.69, 9.17) is 11.6 Å². The first-order valence-corrected chi connectivity index (χ1v) is 6.39. The van der Waals surface area contributed by atoms with Crippen LogP contribution >= 0.6 is 34.2 Å². The van der Waals surface area contributed by atoms with Gasteiger partial charge in [0.1, 0.15) is 0 Å². The van der Waals surface area contributed by atoms with Crippen LogP contribution in [0.25, 0.3) is 0 Å². The van der Waals surface area contributed by atoms with Crippen molar-refractivity contribution in [1.29, 1.82) is 0 Å². The summed E-state index contributed by atoms with van der Waals surface area (Å²) in [6, 6.07) is 6.05. The van der Waals surface area contributed by atoms with Gasteiger partial charge in [0.25, 0.3) is 0 Å². The van der Waals surface area contributed by atoms with Crippen LogP contribution in [0.3, 0.4) is 0 Å². The van der Waals surface area contributed by atoms with Crippen molar-refractivity contribution in [2.75, 3.05) is 32.5 Å². The lowest BCUT2D eigenvalue weighted by atomic mass is 10.3. The molecule has 0 spiro atoms. The molecular formula is C11H16ClIN2. The highest BCUT2D eigenvalue weighted by atomic mass is 127. The SMILES string of the molecule is CN(C)CCCNc1ccc(I)cc1Cl. The summed E-state index contributed by atoms with van der Waals surface area (Å²) in [7, 11) is 4.16. The second kappa shape index (κ2) is 6.55. The van der Waals surface area contributed by atoms with Crippen molar-refractivity contribution < 1.29 is 0 Å². The summed E-state index contributed by atoms with van der Waals surface area (Å²) in [4.78, 5) is 2.18. The zero-order valence-corrected chi connectivity index (χ0v) is 12.0. The summed E-state index contributed by atoms with van der Waals surface area (Å²) >= 11 is 8.35. The fourth-order valence-corrected chi connectivity index (χ4v) is 2.17. The van der Waals surface area contributed by atoms with E-state index in [1.807, 2.05) is 12.1 Å². The first kappa shape index (κ1) is 13.1. The van der Waals surface area contributed by atoms with Crippen molar-refractivity contribution >= 4 is 39.9 Å². The Kier molecular flexibility index (Phi) is 5.71. The van der Waals surface area contributed by atoms with Crippen LogP contribution in [0, 0.1) is 3.57 Å². The fraction of sp³-hybridized carbons (Fsp3) is 0.455. The Balaban J connectivity index is 2.37. The second-order valence-corrected chi connectivity index (χ2v) is 5.36. The van der Waals surface area contributed by atoms with Gasteiger partial charge in [-0.1, -0.05) is 11.6 Å². The molecule has 0 fully saturated rings. The van der Waals surface area contributed by atoms with Gasteiger partial charge >= 0.3 is 0 Å². The van der Waals surface area contributed by atoms with E-state index in [-0.39, 0.29) is 0 Å². The predicted molar refractivity (Wildman–Crippen MR) is 75.8 cm³/mol. The van der Waals surface area contributed by atoms with E-state index >= 15 is 0 Å². The van der Waals surface area contributed by atoms with Gasteiger partial charge in [-0.15, -0.1) is 0 Å². The summed E-state index contributed by atoms with van der Waals surface area (Å²) < 4.78 is 1.16. The molecule has 0 amide bonds. The van der Waals surface area contributed by atoms with E-state index in [2.05, 4.69) is 53.0 Å². The van der Waals surface area contributed by atoms with Crippen molar-refractivity contribution in [1.82, 2.24) is 4.90 Å². The maximum absolute atomic E-state index is 6.09. The Hall–Kier alpha value is -0.0000000000000000555. The van der Waals surface area contributed by atoms with Gasteiger partial charge in [-0.05, 0) is 67.9 Å². The lowest BCUT2D eigenvalue weighted by molar-refractivity contribution is 0.405. The number of nitrogens with one attached hydrogen (secondary N) is 1. The number of hydrogen-bond donors (Lipinski definition) is 1. The summed E-state index contributed by atoms with van der Waals surface area (Å²) in [5, 5.41) is 4.13. The second-order valence-electron chi connectivity index (χ2n) is 3.71. The quantitative estimate of drug-likeness (QED) is 0.654. The smallest absolute Gasteiger partial charge is 0.0648 e. The fourth-order valence-electron chi connectivity index (χ4n) is 1.25. The molecule has 1 aromatic rings. The van der Waals surface area contributed by atoms with Crippen LogP contribution in [0.5, 0.6) is 0 Å². The largest absolute Gasteiger partial charge is 0.384 e.